The molecule has 5 nitrogen and oxygen atoms in total. The first-order valence-corrected chi connectivity index (χ1v) is 9.04. The van der Waals surface area contributed by atoms with Crippen molar-refractivity contribution >= 4 is 43.5 Å². The molecule has 0 atom stereocenters. The van der Waals surface area contributed by atoms with Crippen molar-refractivity contribution in [3.8, 4) is 0 Å². The largest absolute Gasteiger partial charge is 0.338 e. The number of likely N-dealkylation sites (tertiary alicyclic amines) is 1. The van der Waals surface area contributed by atoms with Gasteiger partial charge in [0.2, 0.25) is 10.0 Å². The predicted molar refractivity (Wildman–Crippen MR) is 84.8 cm³/mol. The van der Waals surface area contributed by atoms with Gasteiger partial charge in [-0.25, -0.2) is 13.6 Å². The predicted octanol–water partition coefficient (Wildman–Crippen LogP) is 2.62. The van der Waals surface area contributed by atoms with E-state index < -0.39 is 10.0 Å². The van der Waals surface area contributed by atoms with Crippen LogP contribution in [0.1, 0.15) is 30.6 Å². The van der Waals surface area contributed by atoms with E-state index in [1.165, 1.54) is 12.1 Å². The Hall–Kier alpha value is -0.630. The normalized spacial score (nSPS) is 18.0. The van der Waals surface area contributed by atoms with Crippen molar-refractivity contribution in [2.45, 2.75) is 25.2 Å². The van der Waals surface area contributed by atoms with Crippen LogP contribution in [-0.2, 0) is 10.0 Å². The Morgan fingerprint density at radius 3 is 2.52 bits per heavy atom. The lowest BCUT2D eigenvalue weighted by Gasteiger charge is -2.21. The van der Waals surface area contributed by atoms with Crippen LogP contribution in [-0.4, -0.2) is 32.3 Å². The van der Waals surface area contributed by atoms with Crippen molar-refractivity contribution in [2.24, 2.45) is 10.6 Å². The van der Waals surface area contributed by atoms with Crippen molar-refractivity contribution < 1.29 is 13.2 Å². The molecule has 116 valence electrons. The minimum atomic E-state index is -3.99. The molecule has 1 aromatic carbocycles. The van der Waals surface area contributed by atoms with Gasteiger partial charge in [0.15, 0.2) is 0 Å². The van der Waals surface area contributed by atoms with Crippen molar-refractivity contribution in [1.29, 1.82) is 0 Å². The molecule has 2 rings (SSSR count). The third-order valence-corrected chi connectivity index (χ3v) is 5.42. The Kier molecular flexibility index (Phi) is 4.41. The van der Waals surface area contributed by atoms with E-state index in [0.717, 1.165) is 6.42 Å². The Morgan fingerprint density at radius 1 is 1.43 bits per heavy atom. The number of hydrogen-bond acceptors (Lipinski definition) is 3. The number of carbonyl (C=O) groups is 1. The summed E-state index contributed by atoms with van der Waals surface area (Å²) in [6.45, 7) is 5.40. The number of amides is 1. The van der Waals surface area contributed by atoms with Crippen LogP contribution in [0.15, 0.2) is 21.5 Å². The maximum Gasteiger partial charge on any atom is 0.255 e. The van der Waals surface area contributed by atoms with Gasteiger partial charge >= 0.3 is 0 Å². The third kappa shape index (κ3) is 3.59. The summed E-state index contributed by atoms with van der Waals surface area (Å²) in [7, 11) is -3.99. The number of nitrogens with zero attached hydrogens (tertiary/aromatic N) is 1. The van der Waals surface area contributed by atoms with Crippen LogP contribution >= 0.6 is 27.5 Å². The molecular formula is C13H16BrClN2O3S. The summed E-state index contributed by atoms with van der Waals surface area (Å²) in [6, 6.07) is 2.81. The number of hydrogen-bond donors (Lipinski definition) is 1. The molecule has 0 unspecified atom stereocenters. The number of nitrogens with two attached hydrogens (primary N) is 1. The van der Waals surface area contributed by atoms with Crippen molar-refractivity contribution in [3.05, 3.63) is 27.2 Å². The minimum absolute atomic E-state index is 0.0525. The number of carbonyl (C=O) groups excluding carboxylic acids is 1. The molecule has 8 heteroatoms. The van der Waals surface area contributed by atoms with Crippen molar-refractivity contribution in [3.63, 3.8) is 0 Å². The fraction of sp³-hybridized carbons (Fsp3) is 0.462. The molecule has 0 spiro atoms. The van der Waals surface area contributed by atoms with Gasteiger partial charge in [0.05, 0.1) is 10.6 Å². The zero-order valence-electron chi connectivity index (χ0n) is 11.7. The topological polar surface area (TPSA) is 80.5 Å². The first-order chi connectivity index (χ1) is 9.51. The third-order valence-electron chi connectivity index (χ3n) is 3.51. The maximum atomic E-state index is 12.6. The second kappa shape index (κ2) is 5.53. The number of rotatable bonds is 2. The fourth-order valence-corrected chi connectivity index (χ4v) is 4.16. The quantitative estimate of drug-likeness (QED) is 0.836. The van der Waals surface area contributed by atoms with Gasteiger partial charge in [0, 0.05) is 17.6 Å². The lowest BCUT2D eigenvalue weighted by atomic mass is 9.93. The molecule has 1 amide bonds. The van der Waals surface area contributed by atoms with E-state index in [-0.39, 0.29) is 26.8 Å². The molecule has 1 fully saturated rings. The van der Waals surface area contributed by atoms with Gasteiger partial charge in [-0.1, -0.05) is 41.4 Å². The lowest BCUT2D eigenvalue weighted by Crippen LogP contribution is -2.30. The molecule has 2 N–H and O–H groups in total. The van der Waals surface area contributed by atoms with Gasteiger partial charge in [-0.05, 0) is 24.0 Å². The summed E-state index contributed by atoms with van der Waals surface area (Å²) in [4.78, 5) is 14.0. The number of sulfonamides is 1. The van der Waals surface area contributed by atoms with E-state index in [4.69, 9.17) is 16.7 Å². The van der Waals surface area contributed by atoms with Gasteiger partial charge in [-0.15, -0.1) is 0 Å². The number of primary sulfonamides is 1. The molecule has 0 saturated carbocycles. The van der Waals surface area contributed by atoms with Crippen LogP contribution in [0.25, 0.3) is 0 Å². The summed E-state index contributed by atoms with van der Waals surface area (Å²) >= 11 is 9.27. The summed E-state index contributed by atoms with van der Waals surface area (Å²) in [6.07, 6.45) is 0.895. The Labute approximate surface area is 137 Å². The van der Waals surface area contributed by atoms with Crippen molar-refractivity contribution in [2.75, 3.05) is 13.1 Å². The summed E-state index contributed by atoms with van der Waals surface area (Å²) in [5, 5.41) is 5.00. The molecule has 1 aromatic rings. The molecule has 0 aromatic heterocycles. The molecule has 0 aliphatic carbocycles. The average Bonchev–Trinajstić information content (AvgIpc) is 2.70. The van der Waals surface area contributed by atoms with E-state index in [0.29, 0.717) is 17.6 Å². The number of benzene rings is 1. The first-order valence-electron chi connectivity index (χ1n) is 6.32. The van der Waals surface area contributed by atoms with Crippen LogP contribution in [0.3, 0.4) is 0 Å². The first kappa shape index (κ1) is 16.7. The fourth-order valence-electron chi connectivity index (χ4n) is 2.38. The molecule has 0 bridgehead atoms. The van der Waals surface area contributed by atoms with Gasteiger partial charge in [0.25, 0.3) is 5.91 Å². The summed E-state index contributed by atoms with van der Waals surface area (Å²) in [5.74, 6) is -0.281. The maximum absolute atomic E-state index is 12.6. The summed E-state index contributed by atoms with van der Waals surface area (Å²) in [5.41, 5.74) is 0.199. The van der Waals surface area contributed by atoms with Crippen molar-refractivity contribution in [1.82, 2.24) is 4.90 Å². The zero-order chi connectivity index (χ0) is 16.0. The second-order valence-corrected chi connectivity index (χ2v) is 8.77. The van der Waals surface area contributed by atoms with Crippen LogP contribution < -0.4 is 5.14 Å². The van der Waals surface area contributed by atoms with E-state index in [1.807, 2.05) is 0 Å². The van der Waals surface area contributed by atoms with E-state index in [1.54, 1.807) is 4.90 Å². The summed E-state index contributed by atoms with van der Waals surface area (Å²) < 4.78 is 23.5. The minimum Gasteiger partial charge on any atom is -0.338 e. The molecule has 1 aliphatic rings. The molecule has 0 radical (unpaired) electrons. The monoisotopic (exact) mass is 394 g/mol. The second-order valence-electron chi connectivity index (χ2n) is 5.95. The van der Waals surface area contributed by atoms with Crippen LogP contribution in [0, 0.1) is 5.41 Å². The molecule has 1 aliphatic heterocycles. The molecule has 1 heterocycles. The van der Waals surface area contributed by atoms with E-state index >= 15 is 0 Å². The van der Waals surface area contributed by atoms with Gasteiger partial charge in [-0.2, -0.15) is 0 Å². The SMILES string of the molecule is CC1(C)CCN(C(=O)c2cc(Br)cc(S(N)(=O)=O)c2Cl)C1. The highest BCUT2D eigenvalue weighted by Crippen LogP contribution is 2.33. The highest BCUT2D eigenvalue weighted by atomic mass is 79.9. The van der Waals surface area contributed by atoms with Crippen LogP contribution in [0.4, 0.5) is 0 Å². The highest BCUT2D eigenvalue weighted by Gasteiger charge is 2.34. The van der Waals surface area contributed by atoms with Gasteiger partial charge in [-0.3, -0.25) is 4.79 Å². The molecule has 1 saturated heterocycles. The molecular weight excluding hydrogens is 380 g/mol. The standard InChI is InChI=1S/C13H16BrClN2O3S/c1-13(2)3-4-17(7-13)12(18)9-5-8(14)6-10(11(9)15)21(16,19)20/h5-6H,3-4,7H2,1-2H3,(H2,16,19,20). The van der Waals surface area contributed by atoms with Gasteiger partial charge in [0.1, 0.15) is 4.90 Å². The van der Waals surface area contributed by atoms with Crippen LogP contribution in [0.5, 0.6) is 0 Å². The highest BCUT2D eigenvalue weighted by molar-refractivity contribution is 9.10. The van der Waals surface area contributed by atoms with Crippen LogP contribution in [0.2, 0.25) is 5.02 Å². The lowest BCUT2D eigenvalue weighted by molar-refractivity contribution is 0.0778. The van der Waals surface area contributed by atoms with E-state index in [2.05, 4.69) is 29.8 Å². The van der Waals surface area contributed by atoms with Gasteiger partial charge < -0.3 is 4.90 Å². The average molecular weight is 396 g/mol. The Morgan fingerprint density at radius 2 is 2.05 bits per heavy atom. The molecule has 21 heavy (non-hydrogen) atoms. The Balaban J connectivity index is 2.46. The zero-order valence-corrected chi connectivity index (χ0v) is 14.8. The van der Waals surface area contributed by atoms with E-state index in [9.17, 15) is 13.2 Å². The Bertz CT molecular complexity index is 704. The number of halogens is 2. The smallest absolute Gasteiger partial charge is 0.255 e.